The Morgan fingerprint density at radius 1 is 1.24 bits per heavy atom. The number of rotatable bonds is 4. The van der Waals surface area contributed by atoms with E-state index in [0.29, 0.717) is 19.4 Å². The van der Waals surface area contributed by atoms with Crippen LogP contribution in [0.1, 0.15) is 32.8 Å². The Balaban J connectivity index is 2.12. The predicted octanol–water partition coefficient (Wildman–Crippen LogP) is 1.88. The molecule has 2 amide bonds. The zero-order chi connectivity index (χ0) is 15.6. The second-order valence-electron chi connectivity index (χ2n) is 5.91. The topological polar surface area (TPSA) is 49.4 Å². The minimum atomic E-state index is -0.869. The molecule has 0 radical (unpaired) electrons. The van der Waals surface area contributed by atoms with Gasteiger partial charge in [0.05, 0.1) is 0 Å². The molecule has 1 aromatic carbocycles. The third-order valence-corrected chi connectivity index (χ3v) is 3.85. The number of carbonyl (C=O) groups excluding carboxylic acids is 2. The van der Waals surface area contributed by atoms with E-state index in [2.05, 4.69) is 5.32 Å². The number of carbonyl (C=O) groups is 2. The highest BCUT2D eigenvalue weighted by Crippen LogP contribution is 2.20. The molecule has 114 valence electrons. The smallest absolute Gasteiger partial charge is 0.248 e. The first kappa shape index (κ1) is 15.5. The summed E-state index contributed by atoms with van der Waals surface area (Å²) in [6.07, 6.45) is 1.18. The molecule has 1 aromatic rings. The molecule has 1 saturated heterocycles. The second-order valence-corrected chi connectivity index (χ2v) is 5.91. The Bertz CT molecular complexity index is 540. The highest BCUT2D eigenvalue weighted by molar-refractivity contribution is 5.99. The van der Waals surface area contributed by atoms with E-state index in [1.165, 1.54) is 12.1 Å². The summed E-state index contributed by atoms with van der Waals surface area (Å²) in [5, 5.41) is 2.76. The summed E-state index contributed by atoms with van der Waals surface area (Å²) in [5.41, 5.74) is 0.0776. The van der Waals surface area contributed by atoms with Gasteiger partial charge < -0.3 is 10.2 Å². The molecular weight excluding hydrogens is 271 g/mol. The number of benzene rings is 1. The zero-order valence-electron chi connectivity index (χ0n) is 12.6. The Hall–Kier alpha value is -1.91. The van der Waals surface area contributed by atoms with Gasteiger partial charge in [0.2, 0.25) is 11.8 Å². The van der Waals surface area contributed by atoms with Gasteiger partial charge in [-0.2, -0.15) is 0 Å². The van der Waals surface area contributed by atoms with Crippen LogP contribution in [0.25, 0.3) is 0 Å². The van der Waals surface area contributed by atoms with Crippen LogP contribution in [0.15, 0.2) is 24.3 Å². The van der Waals surface area contributed by atoms with Crippen LogP contribution in [0.3, 0.4) is 0 Å². The Labute approximate surface area is 124 Å². The van der Waals surface area contributed by atoms with Gasteiger partial charge in [0, 0.05) is 6.54 Å². The van der Waals surface area contributed by atoms with E-state index in [0.717, 1.165) is 5.56 Å². The third kappa shape index (κ3) is 3.23. The van der Waals surface area contributed by atoms with E-state index in [1.54, 1.807) is 30.9 Å². The standard InChI is InChI=1S/C16H21FN2O2/c1-4-13-14(20)18-16(2,3)15(21)19(13)10-9-11-5-7-12(17)8-6-11/h5-8,13H,4,9-10H2,1-3H3,(H,18,20). The van der Waals surface area contributed by atoms with Crippen molar-refractivity contribution in [1.29, 1.82) is 0 Å². The lowest BCUT2D eigenvalue weighted by Gasteiger charge is -2.42. The van der Waals surface area contributed by atoms with Gasteiger partial charge >= 0.3 is 0 Å². The highest BCUT2D eigenvalue weighted by Gasteiger charge is 2.44. The van der Waals surface area contributed by atoms with Crippen molar-refractivity contribution >= 4 is 11.8 Å². The summed E-state index contributed by atoms with van der Waals surface area (Å²) in [4.78, 5) is 26.2. The summed E-state index contributed by atoms with van der Waals surface area (Å²) in [5.74, 6) is -0.461. The lowest BCUT2D eigenvalue weighted by molar-refractivity contribution is -0.153. The molecule has 5 heteroatoms. The molecule has 1 N–H and O–H groups in total. The average molecular weight is 292 g/mol. The largest absolute Gasteiger partial charge is 0.340 e. The van der Waals surface area contributed by atoms with Crippen molar-refractivity contribution in [2.24, 2.45) is 0 Å². The maximum absolute atomic E-state index is 12.9. The van der Waals surface area contributed by atoms with Gasteiger partial charge in [-0.1, -0.05) is 19.1 Å². The molecule has 1 heterocycles. The Morgan fingerprint density at radius 2 is 1.86 bits per heavy atom. The van der Waals surface area contributed by atoms with Gasteiger partial charge in [0.15, 0.2) is 0 Å². The number of nitrogens with one attached hydrogen (secondary N) is 1. The quantitative estimate of drug-likeness (QED) is 0.921. The van der Waals surface area contributed by atoms with Crippen molar-refractivity contribution in [3.63, 3.8) is 0 Å². The molecule has 1 fully saturated rings. The van der Waals surface area contributed by atoms with Gasteiger partial charge in [0.25, 0.3) is 0 Å². The van der Waals surface area contributed by atoms with Crippen molar-refractivity contribution < 1.29 is 14.0 Å². The number of nitrogens with zero attached hydrogens (tertiary/aromatic N) is 1. The Morgan fingerprint density at radius 3 is 2.43 bits per heavy atom. The fourth-order valence-electron chi connectivity index (χ4n) is 2.65. The van der Waals surface area contributed by atoms with Crippen LogP contribution in [-0.2, 0) is 16.0 Å². The fraction of sp³-hybridized carbons (Fsp3) is 0.500. The molecule has 1 unspecified atom stereocenters. The lowest BCUT2D eigenvalue weighted by Crippen LogP contribution is -2.68. The maximum Gasteiger partial charge on any atom is 0.248 e. The molecule has 1 aliphatic rings. The van der Waals surface area contributed by atoms with E-state index in [1.807, 2.05) is 6.92 Å². The van der Waals surface area contributed by atoms with Crippen molar-refractivity contribution in [1.82, 2.24) is 10.2 Å². The van der Waals surface area contributed by atoms with Gasteiger partial charge in [-0.25, -0.2) is 4.39 Å². The van der Waals surface area contributed by atoms with Gasteiger partial charge in [-0.15, -0.1) is 0 Å². The molecule has 1 aliphatic heterocycles. The molecule has 0 spiro atoms. The number of hydrogen-bond acceptors (Lipinski definition) is 2. The van der Waals surface area contributed by atoms with Crippen LogP contribution >= 0.6 is 0 Å². The van der Waals surface area contributed by atoms with E-state index < -0.39 is 11.6 Å². The lowest BCUT2D eigenvalue weighted by atomic mass is 9.95. The van der Waals surface area contributed by atoms with E-state index in [9.17, 15) is 14.0 Å². The molecule has 4 nitrogen and oxygen atoms in total. The minimum Gasteiger partial charge on any atom is -0.340 e. The van der Waals surface area contributed by atoms with Crippen LogP contribution < -0.4 is 5.32 Å². The predicted molar refractivity (Wildman–Crippen MR) is 78.1 cm³/mol. The number of amides is 2. The summed E-state index contributed by atoms with van der Waals surface area (Å²) in [7, 11) is 0. The molecule has 0 bridgehead atoms. The first-order chi connectivity index (χ1) is 9.85. The van der Waals surface area contributed by atoms with Gasteiger partial charge in [0.1, 0.15) is 17.4 Å². The first-order valence-corrected chi connectivity index (χ1v) is 7.22. The molecule has 1 atom stereocenters. The van der Waals surface area contributed by atoms with Crippen LogP contribution in [0.2, 0.25) is 0 Å². The van der Waals surface area contributed by atoms with Gasteiger partial charge in [-0.05, 0) is 44.4 Å². The van der Waals surface area contributed by atoms with Crippen LogP contribution in [-0.4, -0.2) is 34.8 Å². The van der Waals surface area contributed by atoms with E-state index >= 15 is 0 Å². The summed E-state index contributed by atoms with van der Waals surface area (Å²) in [6.45, 7) is 5.77. The number of hydrogen-bond donors (Lipinski definition) is 1. The number of halogens is 1. The monoisotopic (exact) mass is 292 g/mol. The Kier molecular flexibility index (Phi) is 4.30. The van der Waals surface area contributed by atoms with Crippen LogP contribution in [0.5, 0.6) is 0 Å². The van der Waals surface area contributed by atoms with Crippen molar-refractivity contribution in [3.8, 4) is 0 Å². The van der Waals surface area contributed by atoms with Crippen molar-refractivity contribution in [2.45, 2.75) is 45.2 Å². The van der Waals surface area contributed by atoms with Crippen molar-refractivity contribution in [2.75, 3.05) is 6.54 Å². The number of piperazine rings is 1. The van der Waals surface area contributed by atoms with E-state index in [-0.39, 0.29) is 17.6 Å². The first-order valence-electron chi connectivity index (χ1n) is 7.22. The molecule has 21 heavy (non-hydrogen) atoms. The summed E-state index contributed by atoms with van der Waals surface area (Å²) < 4.78 is 12.9. The normalized spacial score (nSPS) is 21.3. The molecular formula is C16H21FN2O2. The molecule has 0 aliphatic carbocycles. The van der Waals surface area contributed by atoms with Crippen molar-refractivity contribution in [3.05, 3.63) is 35.6 Å². The second kappa shape index (κ2) is 5.84. The SMILES string of the molecule is CCC1C(=O)NC(C)(C)C(=O)N1CCc1ccc(F)cc1. The third-order valence-electron chi connectivity index (χ3n) is 3.85. The minimum absolute atomic E-state index is 0.0731. The summed E-state index contributed by atoms with van der Waals surface area (Å²) in [6, 6.07) is 5.79. The van der Waals surface area contributed by atoms with Crippen LogP contribution in [0, 0.1) is 5.82 Å². The molecule has 2 rings (SSSR count). The highest BCUT2D eigenvalue weighted by atomic mass is 19.1. The van der Waals surface area contributed by atoms with Gasteiger partial charge in [-0.3, -0.25) is 9.59 Å². The molecule has 0 aromatic heterocycles. The summed E-state index contributed by atoms with van der Waals surface area (Å²) >= 11 is 0. The van der Waals surface area contributed by atoms with Crippen LogP contribution in [0.4, 0.5) is 4.39 Å². The molecule has 0 saturated carbocycles. The maximum atomic E-state index is 12.9. The van der Waals surface area contributed by atoms with E-state index in [4.69, 9.17) is 0 Å². The zero-order valence-corrected chi connectivity index (χ0v) is 12.6. The fourth-order valence-corrected chi connectivity index (χ4v) is 2.65. The average Bonchev–Trinajstić information content (AvgIpc) is 2.42.